The molecular weight excluding hydrogens is 228 g/mol. The summed E-state index contributed by atoms with van der Waals surface area (Å²) in [6.07, 6.45) is 1.53. The van der Waals surface area contributed by atoms with E-state index in [1.165, 1.54) is 0 Å². The number of carbonyl (C=O) groups is 1. The van der Waals surface area contributed by atoms with Crippen LogP contribution in [0, 0.1) is 17.8 Å². The molecule has 0 saturated heterocycles. The van der Waals surface area contributed by atoms with Gasteiger partial charge in [-0.05, 0) is 30.7 Å². The largest absolute Gasteiger partial charge is 0.379 e. The monoisotopic (exact) mass is 258 g/mol. The van der Waals surface area contributed by atoms with Crippen molar-refractivity contribution in [1.82, 2.24) is 5.32 Å². The highest BCUT2D eigenvalue weighted by atomic mass is 16.5. The van der Waals surface area contributed by atoms with Gasteiger partial charge in [-0.25, -0.2) is 0 Å². The van der Waals surface area contributed by atoms with E-state index in [9.17, 15) is 4.79 Å². The van der Waals surface area contributed by atoms with Crippen LogP contribution < -0.4 is 11.1 Å². The zero-order valence-corrected chi connectivity index (χ0v) is 12.4. The quantitative estimate of drug-likeness (QED) is 0.587. The standard InChI is InChI=1S/C14H30N2O2/c1-11(2)7-13(9-15)8-14(17)16-5-6-18-10-12(3)4/h11-13H,5-10,15H2,1-4H3,(H,16,17)/t13-/m0/s1. The number of nitrogens with two attached hydrogens (primary N) is 1. The van der Waals surface area contributed by atoms with E-state index in [-0.39, 0.29) is 5.91 Å². The fourth-order valence-corrected chi connectivity index (χ4v) is 1.85. The zero-order chi connectivity index (χ0) is 14.0. The van der Waals surface area contributed by atoms with Gasteiger partial charge >= 0.3 is 0 Å². The van der Waals surface area contributed by atoms with Crippen molar-refractivity contribution in [3.05, 3.63) is 0 Å². The SMILES string of the molecule is CC(C)COCCNC(=O)C[C@@H](CN)CC(C)C. The molecule has 0 spiro atoms. The van der Waals surface area contributed by atoms with Crippen LogP contribution in [-0.4, -0.2) is 32.2 Å². The summed E-state index contributed by atoms with van der Waals surface area (Å²) in [5.74, 6) is 1.50. The van der Waals surface area contributed by atoms with Crippen LogP contribution in [-0.2, 0) is 9.53 Å². The molecule has 0 aliphatic heterocycles. The van der Waals surface area contributed by atoms with Crippen molar-refractivity contribution in [2.24, 2.45) is 23.5 Å². The van der Waals surface area contributed by atoms with Gasteiger partial charge in [-0.15, -0.1) is 0 Å². The number of ether oxygens (including phenoxy) is 1. The van der Waals surface area contributed by atoms with Crippen LogP contribution >= 0.6 is 0 Å². The van der Waals surface area contributed by atoms with Gasteiger partial charge in [-0.3, -0.25) is 4.79 Å². The fourth-order valence-electron chi connectivity index (χ4n) is 1.85. The number of hydrogen-bond acceptors (Lipinski definition) is 3. The molecule has 0 saturated carbocycles. The third-order valence-electron chi connectivity index (χ3n) is 2.63. The number of rotatable bonds is 10. The van der Waals surface area contributed by atoms with E-state index >= 15 is 0 Å². The van der Waals surface area contributed by atoms with Crippen molar-refractivity contribution in [1.29, 1.82) is 0 Å². The molecule has 0 aromatic rings. The second-order valence-electron chi connectivity index (χ2n) is 5.75. The molecule has 0 aliphatic rings. The Morgan fingerprint density at radius 3 is 2.39 bits per heavy atom. The highest BCUT2D eigenvalue weighted by molar-refractivity contribution is 5.76. The number of amides is 1. The average molecular weight is 258 g/mol. The highest BCUT2D eigenvalue weighted by Crippen LogP contribution is 2.13. The van der Waals surface area contributed by atoms with Gasteiger partial charge in [0.25, 0.3) is 0 Å². The Balaban J connectivity index is 3.62. The maximum Gasteiger partial charge on any atom is 0.220 e. The van der Waals surface area contributed by atoms with Gasteiger partial charge in [0.1, 0.15) is 0 Å². The normalized spacial score (nSPS) is 13.1. The average Bonchev–Trinajstić information content (AvgIpc) is 2.26. The molecule has 1 atom stereocenters. The van der Waals surface area contributed by atoms with E-state index < -0.39 is 0 Å². The van der Waals surface area contributed by atoms with Gasteiger partial charge in [0.15, 0.2) is 0 Å². The van der Waals surface area contributed by atoms with E-state index in [1.54, 1.807) is 0 Å². The predicted molar refractivity (Wildman–Crippen MR) is 75.3 cm³/mol. The van der Waals surface area contributed by atoms with Gasteiger partial charge in [0, 0.05) is 19.6 Å². The molecule has 4 heteroatoms. The lowest BCUT2D eigenvalue weighted by atomic mass is 9.94. The second-order valence-corrected chi connectivity index (χ2v) is 5.75. The van der Waals surface area contributed by atoms with Crippen LogP contribution in [0.3, 0.4) is 0 Å². The Bertz CT molecular complexity index is 218. The molecule has 0 fully saturated rings. The molecule has 0 aromatic heterocycles. The summed E-state index contributed by atoms with van der Waals surface area (Å²) in [5.41, 5.74) is 5.67. The lowest BCUT2D eigenvalue weighted by molar-refractivity contribution is -0.122. The molecule has 0 rings (SSSR count). The molecule has 0 radical (unpaired) electrons. The Hall–Kier alpha value is -0.610. The van der Waals surface area contributed by atoms with Crippen molar-refractivity contribution >= 4 is 5.91 Å². The van der Waals surface area contributed by atoms with E-state index in [1.807, 2.05) is 0 Å². The number of carbonyl (C=O) groups excluding carboxylic acids is 1. The molecule has 1 amide bonds. The van der Waals surface area contributed by atoms with Gasteiger partial charge in [-0.1, -0.05) is 27.7 Å². The first-order chi connectivity index (χ1) is 8.45. The maximum atomic E-state index is 11.7. The highest BCUT2D eigenvalue weighted by Gasteiger charge is 2.13. The van der Waals surface area contributed by atoms with Crippen molar-refractivity contribution in [2.45, 2.75) is 40.5 Å². The minimum Gasteiger partial charge on any atom is -0.379 e. The van der Waals surface area contributed by atoms with Crippen molar-refractivity contribution in [3.8, 4) is 0 Å². The summed E-state index contributed by atoms with van der Waals surface area (Å²) >= 11 is 0. The Labute approximate surface area is 112 Å². The van der Waals surface area contributed by atoms with Crippen LogP contribution in [0.2, 0.25) is 0 Å². The summed E-state index contributed by atoms with van der Waals surface area (Å²) in [6, 6.07) is 0. The predicted octanol–water partition coefficient (Wildman–Crippen LogP) is 1.79. The zero-order valence-electron chi connectivity index (χ0n) is 12.4. The topological polar surface area (TPSA) is 64.3 Å². The van der Waals surface area contributed by atoms with Gasteiger partial charge in [0.05, 0.1) is 6.61 Å². The molecule has 18 heavy (non-hydrogen) atoms. The van der Waals surface area contributed by atoms with Gasteiger partial charge < -0.3 is 15.8 Å². The Morgan fingerprint density at radius 2 is 1.89 bits per heavy atom. The van der Waals surface area contributed by atoms with Gasteiger partial charge in [-0.2, -0.15) is 0 Å². The van der Waals surface area contributed by atoms with Crippen LogP contribution in [0.4, 0.5) is 0 Å². The van der Waals surface area contributed by atoms with E-state index in [2.05, 4.69) is 33.0 Å². The summed E-state index contributed by atoms with van der Waals surface area (Å²) in [5, 5.41) is 2.87. The lowest BCUT2D eigenvalue weighted by Gasteiger charge is -2.16. The van der Waals surface area contributed by atoms with E-state index in [0.29, 0.717) is 43.9 Å². The fraction of sp³-hybridized carbons (Fsp3) is 0.929. The summed E-state index contributed by atoms with van der Waals surface area (Å²) in [6.45, 7) is 11.0. The molecule has 0 aliphatic carbocycles. The molecule has 0 heterocycles. The molecular formula is C14H30N2O2. The van der Waals surface area contributed by atoms with E-state index in [0.717, 1.165) is 13.0 Å². The summed E-state index contributed by atoms with van der Waals surface area (Å²) in [7, 11) is 0. The Kier molecular flexibility index (Phi) is 9.98. The first kappa shape index (κ1) is 17.4. The molecule has 0 aromatic carbocycles. The van der Waals surface area contributed by atoms with Crippen LogP contribution in [0.5, 0.6) is 0 Å². The molecule has 0 bridgehead atoms. The molecule has 4 nitrogen and oxygen atoms in total. The molecule has 108 valence electrons. The molecule has 0 unspecified atom stereocenters. The van der Waals surface area contributed by atoms with Crippen molar-refractivity contribution in [2.75, 3.05) is 26.3 Å². The van der Waals surface area contributed by atoms with Crippen molar-refractivity contribution < 1.29 is 9.53 Å². The first-order valence-electron chi connectivity index (χ1n) is 7.00. The summed E-state index contributed by atoms with van der Waals surface area (Å²) < 4.78 is 5.40. The Morgan fingerprint density at radius 1 is 1.22 bits per heavy atom. The summed E-state index contributed by atoms with van der Waals surface area (Å²) in [4.78, 5) is 11.7. The lowest BCUT2D eigenvalue weighted by Crippen LogP contribution is -2.31. The molecule has 3 N–H and O–H groups in total. The maximum absolute atomic E-state index is 11.7. The minimum absolute atomic E-state index is 0.0826. The van der Waals surface area contributed by atoms with Crippen LogP contribution in [0.15, 0.2) is 0 Å². The third-order valence-corrected chi connectivity index (χ3v) is 2.63. The smallest absolute Gasteiger partial charge is 0.220 e. The minimum atomic E-state index is 0.0826. The van der Waals surface area contributed by atoms with Crippen LogP contribution in [0.1, 0.15) is 40.5 Å². The van der Waals surface area contributed by atoms with Gasteiger partial charge in [0.2, 0.25) is 5.91 Å². The van der Waals surface area contributed by atoms with Crippen LogP contribution in [0.25, 0.3) is 0 Å². The third kappa shape index (κ3) is 10.5. The van der Waals surface area contributed by atoms with E-state index in [4.69, 9.17) is 10.5 Å². The number of nitrogens with one attached hydrogen (secondary N) is 1. The first-order valence-corrected chi connectivity index (χ1v) is 7.00. The second kappa shape index (κ2) is 10.3. The van der Waals surface area contributed by atoms with Crippen molar-refractivity contribution in [3.63, 3.8) is 0 Å². The number of hydrogen-bond donors (Lipinski definition) is 2.